The highest BCUT2D eigenvalue weighted by atomic mass is 19.1. The quantitative estimate of drug-likeness (QED) is 0.670. The van der Waals surface area contributed by atoms with Gasteiger partial charge in [-0.25, -0.2) is 9.37 Å². The minimum Gasteiger partial charge on any atom is -0.374 e. The Hall–Kier alpha value is -2.03. The van der Waals surface area contributed by atoms with Crippen molar-refractivity contribution in [2.24, 2.45) is 12.8 Å². The van der Waals surface area contributed by atoms with Crippen LogP contribution in [-0.2, 0) is 13.6 Å². The van der Waals surface area contributed by atoms with E-state index in [1.807, 2.05) is 13.2 Å². The summed E-state index contributed by atoms with van der Waals surface area (Å²) in [5.74, 6) is -0.208. The molecular weight excluding hydrogens is 323 g/mol. The summed E-state index contributed by atoms with van der Waals surface area (Å²) in [6.07, 6.45) is 6.56. The molecule has 1 aliphatic carbocycles. The van der Waals surface area contributed by atoms with Gasteiger partial charge in [0.1, 0.15) is 6.23 Å². The van der Waals surface area contributed by atoms with Crippen LogP contribution in [0.1, 0.15) is 43.0 Å². The molecule has 1 unspecified atom stereocenters. The molecule has 0 radical (unpaired) electrons. The number of pyridine rings is 1. The first-order chi connectivity index (χ1) is 12.0. The van der Waals surface area contributed by atoms with Crippen molar-refractivity contribution in [2.45, 2.75) is 50.5 Å². The summed E-state index contributed by atoms with van der Waals surface area (Å²) in [6.45, 7) is 0.267. The molecule has 1 saturated carbocycles. The molecule has 2 aromatic heterocycles. The number of nitrogens with two attached hydrogens (primary N) is 1. The summed E-state index contributed by atoms with van der Waals surface area (Å²) in [5, 5.41) is 20.5. The normalized spacial score (nSPS) is 25.8. The molecule has 25 heavy (non-hydrogen) atoms. The van der Waals surface area contributed by atoms with Gasteiger partial charge < -0.3 is 16.2 Å². The summed E-state index contributed by atoms with van der Waals surface area (Å²) >= 11 is 0. The van der Waals surface area contributed by atoms with E-state index < -0.39 is 12.0 Å². The molecule has 2 aromatic rings. The van der Waals surface area contributed by atoms with Crippen LogP contribution < -0.4 is 16.4 Å². The molecule has 4 rings (SSSR count). The van der Waals surface area contributed by atoms with Crippen LogP contribution in [0.3, 0.4) is 0 Å². The molecule has 0 bridgehead atoms. The fourth-order valence-corrected chi connectivity index (χ4v) is 3.77. The second-order valence-corrected chi connectivity index (χ2v) is 6.90. The lowest BCUT2D eigenvalue weighted by Crippen LogP contribution is -2.43. The number of halogens is 1. The van der Waals surface area contributed by atoms with E-state index in [1.165, 1.54) is 0 Å². The van der Waals surface area contributed by atoms with E-state index in [0.29, 0.717) is 16.8 Å². The van der Waals surface area contributed by atoms with E-state index in [1.54, 1.807) is 10.9 Å². The number of aliphatic hydroxyl groups excluding tert-OH is 1. The summed E-state index contributed by atoms with van der Waals surface area (Å²) in [5.41, 5.74) is 8.43. The summed E-state index contributed by atoms with van der Waals surface area (Å²) in [4.78, 5) is 4.51. The van der Waals surface area contributed by atoms with Gasteiger partial charge >= 0.3 is 0 Å². The Balaban J connectivity index is 1.77. The number of hydrogen-bond acceptors (Lipinski definition) is 6. The molecule has 0 spiro atoms. The second-order valence-electron chi connectivity index (χ2n) is 6.90. The van der Waals surface area contributed by atoms with Gasteiger partial charge in [-0.05, 0) is 12.8 Å². The molecule has 7 nitrogen and oxygen atoms in total. The molecule has 5 N–H and O–H groups in total. The molecule has 3 heterocycles. The van der Waals surface area contributed by atoms with Crippen LogP contribution in [0.2, 0.25) is 0 Å². The number of nitrogens with one attached hydrogen (secondary N) is 2. The van der Waals surface area contributed by atoms with Crippen LogP contribution in [0.15, 0.2) is 12.4 Å². The van der Waals surface area contributed by atoms with Crippen molar-refractivity contribution in [3.63, 3.8) is 0 Å². The lowest BCUT2D eigenvalue weighted by Gasteiger charge is -2.30. The highest BCUT2D eigenvalue weighted by Gasteiger charge is 2.32. The number of nitrogens with zero attached hydrogens (tertiary/aromatic N) is 3. The van der Waals surface area contributed by atoms with Gasteiger partial charge in [-0.2, -0.15) is 5.10 Å². The van der Waals surface area contributed by atoms with E-state index in [-0.39, 0.29) is 24.4 Å². The fourth-order valence-electron chi connectivity index (χ4n) is 3.77. The van der Waals surface area contributed by atoms with E-state index >= 15 is 0 Å². The van der Waals surface area contributed by atoms with Gasteiger partial charge in [0.25, 0.3) is 0 Å². The van der Waals surface area contributed by atoms with Crippen molar-refractivity contribution >= 4 is 5.82 Å². The van der Waals surface area contributed by atoms with E-state index in [2.05, 4.69) is 20.7 Å². The average Bonchev–Trinajstić information content (AvgIpc) is 3.19. The Morgan fingerprint density at radius 1 is 1.40 bits per heavy atom. The zero-order valence-corrected chi connectivity index (χ0v) is 14.2. The monoisotopic (exact) mass is 346 g/mol. The predicted octanol–water partition coefficient (Wildman–Crippen LogP) is 1.40. The lowest BCUT2D eigenvalue weighted by atomic mass is 9.91. The molecule has 0 amide bonds. The van der Waals surface area contributed by atoms with Crippen molar-refractivity contribution in [2.75, 3.05) is 5.32 Å². The average molecular weight is 346 g/mol. The smallest absolute Gasteiger partial charge is 0.170 e. The fraction of sp³-hybridized carbons (Fsp3) is 0.529. The summed E-state index contributed by atoms with van der Waals surface area (Å²) in [7, 11) is 1.81. The second kappa shape index (κ2) is 6.36. The largest absolute Gasteiger partial charge is 0.374 e. The third-order valence-corrected chi connectivity index (χ3v) is 5.14. The number of aryl methyl sites for hydroxylation is 1. The number of rotatable bonds is 3. The third kappa shape index (κ3) is 2.90. The molecule has 8 heteroatoms. The minimum atomic E-state index is -0.932. The third-order valence-electron chi connectivity index (χ3n) is 5.14. The van der Waals surface area contributed by atoms with Crippen molar-refractivity contribution in [3.05, 3.63) is 29.3 Å². The first-order valence-corrected chi connectivity index (χ1v) is 8.69. The van der Waals surface area contributed by atoms with Gasteiger partial charge in [0.05, 0.1) is 11.9 Å². The van der Waals surface area contributed by atoms with Crippen molar-refractivity contribution in [3.8, 4) is 11.3 Å². The molecule has 0 aromatic carbocycles. The Morgan fingerprint density at radius 3 is 2.92 bits per heavy atom. The molecule has 1 fully saturated rings. The van der Waals surface area contributed by atoms with Crippen LogP contribution in [0.4, 0.5) is 10.2 Å². The predicted molar refractivity (Wildman–Crippen MR) is 92.1 cm³/mol. The number of aromatic nitrogens is 3. The Morgan fingerprint density at radius 2 is 2.20 bits per heavy atom. The van der Waals surface area contributed by atoms with Gasteiger partial charge in [0.15, 0.2) is 11.6 Å². The first-order valence-electron chi connectivity index (χ1n) is 8.69. The molecule has 0 saturated heterocycles. The van der Waals surface area contributed by atoms with Crippen molar-refractivity contribution in [1.29, 1.82) is 0 Å². The highest BCUT2D eigenvalue weighted by molar-refractivity contribution is 5.68. The van der Waals surface area contributed by atoms with Gasteiger partial charge in [-0.1, -0.05) is 12.8 Å². The number of aliphatic hydroxyl groups is 1. The topological polar surface area (TPSA) is 101 Å². The standard InChI is InChI=1S/C17H23FN6O/c1-24-8-9(6-21-24)15-13-10(7-20-17(13)25)14(18)16(23-15)22-12-5-3-2-4-11(12)19/h6,8,11-12,17,20,25H,2-5,7,19H2,1H3,(H,22,23)/t11-,12+,17?/m0/s1. The van der Waals surface area contributed by atoms with E-state index in [4.69, 9.17) is 5.73 Å². The maximum absolute atomic E-state index is 15.0. The molecular formula is C17H23FN6O. The van der Waals surface area contributed by atoms with Crippen molar-refractivity contribution < 1.29 is 9.50 Å². The molecule has 134 valence electrons. The van der Waals surface area contributed by atoms with Gasteiger partial charge in [0, 0.05) is 48.6 Å². The Bertz CT molecular complexity index is 792. The van der Waals surface area contributed by atoms with E-state index in [9.17, 15) is 9.50 Å². The van der Waals surface area contributed by atoms with Crippen LogP contribution in [-0.4, -0.2) is 32.0 Å². The lowest BCUT2D eigenvalue weighted by molar-refractivity contribution is 0.151. The maximum atomic E-state index is 15.0. The van der Waals surface area contributed by atoms with Gasteiger partial charge in [0.2, 0.25) is 0 Å². The van der Waals surface area contributed by atoms with E-state index in [0.717, 1.165) is 31.2 Å². The molecule has 2 aliphatic rings. The number of fused-ring (bicyclic) bond motifs is 1. The SMILES string of the molecule is Cn1cc(-c2nc(N[C@@H]3CCCC[C@@H]3N)c(F)c3c2C(O)NC3)cn1. The van der Waals surface area contributed by atoms with Crippen LogP contribution in [0, 0.1) is 5.82 Å². The Kier molecular flexibility index (Phi) is 4.18. The first kappa shape index (κ1) is 16.4. The van der Waals surface area contributed by atoms with Gasteiger partial charge in [-0.15, -0.1) is 0 Å². The summed E-state index contributed by atoms with van der Waals surface area (Å²) < 4.78 is 16.7. The highest BCUT2D eigenvalue weighted by Crippen LogP contribution is 2.37. The zero-order valence-electron chi connectivity index (χ0n) is 14.2. The van der Waals surface area contributed by atoms with Gasteiger partial charge in [-0.3, -0.25) is 10.00 Å². The maximum Gasteiger partial charge on any atom is 0.170 e. The van der Waals surface area contributed by atoms with Crippen LogP contribution >= 0.6 is 0 Å². The molecule has 3 atom stereocenters. The van der Waals surface area contributed by atoms with Crippen molar-refractivity contribution in [1.82, 2.24) is 20.1 Å². The van der Waals surface area contributed by atoms with Crippen LogP contribution in [0.5, 0.6) is 0 Å². The number of anilines is 1. The zero-order chi connectivity index (χ0) is 17.6. The van der Waals surface area contributed by atoms with Crippen LogP contribution in [0.25, 0.3) is 11.3 Å². The molecule has 1 aliphatic heterocycles. The number of hydrogen-bond donors (Lipinski definition) is 4. The minimum absolute atomic E-state index is 0.00578. The Labute approximate surface area is 145 Å². The summed E-state index contributed by atoms with van der Waals surface area (Å²) in [6, 6.07) is 0.00333.